The van der Waals surface area contributed by atoms with Gasteiger partial charge in [-0.1, -0.05) is 36.4 Å². The van der Waals surface area contributed by atoms with Gasteiger partial charge in [0.05, 0.1) is 17.1 Å². The Balaban J connectivity index is 2.15. The summed E-state index contributed by atoms with van der Waals surface area (Å²) in [6, 6.07) is 16.3. The first-order valence-electron chi connectivity index (χ1n) is 5.35. The first-order valence-corrected chi connectivity index (χ1v) is 6.79. The van der Waals surface area contributed by atoms with Crippen LogP contribution in [0.2, 0.25) is 0 Å². The largest absolute Gasteiger partial charge is 0.264 e. The van der Waals surface area contributed by atoms with Crippen LogP contribution < -0.4 is 4.31 Å². The molecule has 17 heavy (non-hydrogen) atoms. The molecule has 86 valence electrons. The van der Waals surface area contributed by atoms with Gasteiger partial charge in [0, 0.05) is 0 Å². The second-order valence-corrected chi connectivity index (χ2v) is 5.79. The van der Waals surface area contributed by atoms with Crippen LogP contribution in [0.1, 0.15) is 5.56 Å². The Morgan fingerprint density at radius 2 is 1.53 bits per heavy atom. The molecule has 1 aliphatic heterocycles. The van der Waals surface area contributed by atoms with Crippen LogP contribution >= 0.6 is 0 Å². The minimum atomic E-state index is -3.37. The maximum Gasteiger partial charge on any atom is 0.264 e. The van der Waals surface area contributed by atoms with E-state index in [1.165, 1.54) is 4.31 Å². The molecular formula is C13H11NO2S. The van der Waals surface area contributed by atoms with E-state index in [9.17, 15) is 8.42 Å². The van der Waals surface area contributed by atoms with E-state index in [0.717, 1.165) is 5.56 Å². The van der Waals surface area contributed by atoms with Gasteiger partial charge < -0.3 is 0 Å². The van der Waals surface area contributed by atoms with Crippen LogP contribution in [0.15, 0.2) is 59.5 Å². The molecule has 0 saturated carbocycles. The van der Waals surface area contributed by atoms with Crippen LogP contribution in [-0.2, 0) is 16.6 Å². The van der Waals surface area contributed by atoms with Gasteiger partial charge in [-0.2, -0.15) is 0 Å². The molecule has 3 rings (SSSR count). The average molecular weight is 245 g/mol. The smallest absolute Gasteiger partial charge is 0.262 e. The van der Waals surface area contributed by atoms with Crippen molar-refractivity contribution in [3.8, 4) is 0 Å². The summed E-state index contributed by atoms with van der Waals surface area (Å²) in [6.07, 6.45) is 0. The average Bonchev–Trinajstić information content (AvgIpc) is 2.63. The number of para-hydroxylation sites is 1. The van der Waals surface area contributed by atoms with E-state index in [-0.39, 0.29) is 0 Å². The molecule has 4 heteroatoms. The van der Waals surface area contributed by atoms with Crippen LogP contribution in [0.25, 0.3) is 0 Å². The summed E-state index contributed by atoms with van der Waals surface area (Å²) in [5.74, 6) is 0. The third kappa shape index (κ3) is 1.52. The van der Waals surface area contributed by atoms with Crippen LogP contribution in [0.4, 0.5) is 5.69 Å². The summed E-state index contributed by atoms with van der Waals surface area (Å²) >= 11 is 0. The van der Waals surface area contributed by atoms with Gasteiger partial charge in [0.15, 0.2) is 0 Å². The van der Waals surface area contributed by atoms with Gasteiger partial charge in [0.2, 0.25) is 0 Å². The number of rotatable bonds is 1. The molecule has 0 aromatic heterocycles. The van der Waals surface area contributed by atoms with Crippen molar-refractivity contribution in [3.63, 3.8) is 0 Å². The number of nitrogens with zero attached hydrogens (tertiary/aromatic N) is 1. The predicted molar refractivity (Wildman–Crippen MR) is 66.3 cm³/mol. The quantitative estimate of drug-likeness (QED) is 0.773. The maximum absolute atomic E-state index is 12.3. The number of anilines is 1. The molecule has 0 fully saturated rings. The fraction of sp³-hybridized carbons (Fsp3) is 0.0769. The van der Waals surface area contributed by atoms with Crippen molar-refractivity contribution in [1.29, 1.82) is 0 Å². The molecule has 3 nitrogen and oxygen atoms in total. The minimum absolute atomic E-state index is 0.419. The zero-order chi connectivity index (χ0) is 11.9. The van der Waals surface area contributed by atoms with Crippen LogP contribution in [-0.4, -0.2) is 8.42 Å². The highest BCUT2D eigenvalue weighted by Gasteiger charge is 2.33. The first kappa shape index (κ1) is 10.4. The van der Waals surface area contributed by atoms with Crippen molar-refractivity contribution < 1.29 is 8.42 Å². The summed E-state index contributed by atoms with van der Waals surface area (Å²) in [7, 11) is -3.37. The lowest BCUT2D eigenvalue weighted by molar-refractivity contribution is 0.596. The monoisotopic (exact) mass is 245 g/mol. The number of sulfonamides is 1. The molecule has 0 saturated heterocycles. The van der Waals surface area contributed by atoms with Crippen molar-refractivity contribution in [2.45, 2.75) is 11.4 Å². The molecule has 2 aromatic rings. The lowest BCUT2D eigenvalue weighted by atomic mass is 10.2. The molecule has 2 aromatic carbocycles. The Labute approximate surface area is 100 Å². The highest BCUT2D eigenvalue weighted by atomic mass is 32.2. The van der Waals surface area contributed by atoms with Crippen molar-refractivity contribution >= 4 is 15.7 Å². The van der Waals surface area contributed by atoms with Gasteiger partial charge in [-0.15, -0.1) is 0 Å². The first-order chi connectivity index (χ1) is 8.19. The molecule has 0 radical (unpaired) electrons. The predicted octanol–water partition coefficient (Wildman–Crippen LogP) is 2.40. The van der Waals surface area contributed by atoms with Crippen molar-refractivity contribution in [2.75, 3.05) is 4.31 Å². The molecule has 0 unspecified atom stereocenters. The minimum Gasteiger partial charge on any atom is -0.262 e. The summed E-state index contributed by atoms with van der Waals surface area (Å²) in [4.78, 5) is 0.420. The van der Waals surface area contributed by atoms with Gasteiger partial charge in [-0.3, -0.25) is 4.31 Å². The van der Waals surface area contributed by atoms with Crippen molar-refractivity contribution in [1.82, 2.24) is 0 Å². The molecule has 0 aliphatic carbocycles. The van der Waals surface area contributed by atoms with E-state index in [2.05, 4.69) is 0 Å². The zero-order valence-corrected chi connectivity index (χ0v) is 9.89. The Morgan fingerprint density at radius 1 is 0.882 bits per heavy atom. The molecule has 1 aliphatic rings. The zero-order valence-electron chi connectivity index (χ0n) is 9.08. The molecule has 1 heterocycles. The standard InChI is InChI=1S/C13H11NO2S/c15-17(16)13-9-5-4-6-11(13)10-14(17)12-7-2-1-3-8-12/h1-9H,10H2. The molecule has 0 spiro atoms. The lowest BCUT2D eigenvalue weighted by Crippen LogP contribution is -2.23. The molecule has 0 N–H and O–H groups in total. The van der Waals surface area contributed by atoms with E-state index in [0.29, 0.717) is 17.1 Å². The molecular weight excluding hydrogens is 234 g/mol. The third-order valence-corrected chi connectivity index (χ3v) is 4.77. The van der Waals surface area contributed by atoms with Gasteiger partial charge >= 0.3 is 0 Å². The van der Waals surface area contributed by atoms with Gasteiger partial charge in [-0.25, -0.2) is 8.42 Å². The second-order valence-electron chi connectivity index (χ2n) is 3.95. The van der Waals surface area contributed by atoms with Crippen LogP contribution in [0.3, 0.4) is 0 Å². The molecule has 0 atom stereocenters. The van der Waals surface area contributed by atoms with Gasteiger partial charge in [0.1, 0.15) is 0 Å². The summed E-state index contributed by atoms with van der Waals surface area (Å²) in [5, 5.41) is 0. The highest BCUT2D eigenvalue weighted by Crippen LogP contribution is 2.33. The Kier molecular flexibility index (Phi) is 2.19. The van der Waals surface area contributed by atoms with E-state index >= 15 is 0 Å². The Morgan fingerprint density at radius 3 is 2.24 bits per heavy atom. The van der Waals surface area contributed by atoms with Crippen molar-refractivity contribution in [2.24, 2.45) is 0 Å². The fourth-order valence-corrected chi connectivity index (χ4v) is 3.73. The summed E-state index contributed by atoms with van der Waals surface area (Å²) in [5.41, 5.74) is 1.57. The normalized spacial score (nSPS) is 16.8. The van der Waals surface area contributed by atoms with Crippen LogP contribution in [0, 0.1) is 0 Å². The lowest BCUT2D eigenvalue weighted by Gasteiger charge is -2.16. The number of fused-ring (bicyclic) bond motifs is 1. The fourth-order valence-electron chi connectivity index (χ4n) is 2.07. The van der Waals surface area contributed by atoms with E-state index < -0.39 is 10.0 Å². The van der Waals surface area contributed by atoms with E-state index in [1.54, 1.807) is 12.1 Å². The highest BCUT2D eigenvalue weighted by molar-refractivity contribution is 7.93. The molecule has 0 bridgehead atoms. The van der Waals surface area contributed by atoms with Gasteiger partial charge in [-0.05, 0) is 23.8 Å². The van der Waals surface area contributed by atoms with E-state index in [4.69, 9.17) is 0 Å². The topological polar surface area (TPSA) is 37.4 Å². The number of hydrogen-bond acceptors (Lipinski definition) is 2. The summed E-state index contributed by atoms with van der Waals surface area (Å²) < 4.78 is 26.1. The third-order valence-electron chi connectivity index (χ3n) is 2.90. The maximum atomic E-state index is 12.3. The number of benzene rings is 2. The molecule has 0 amide bonds. The number of hydrogen-bond donors (Lipinski definition) is 0. The Bertz CT molecular complexity index is 650. The SMILES string of the molecule is O=S1(=O)c2ccccc2CN1c1ccccc1. The van der Waals surface area contributed by atoms with E-state index in [1.807, 2.05) is 42.5 Å². The van der Waals surface area contributed by atoms with Crippen LogP contribution in [0.5, 0.6) is 0 Å². The second kappa shape index (κ2) is 3.60. The Hall–Kier alpha value is -1.81. The van der Waals surface area contributed by atoms with Crippen molar-refractivity contribution in [3.05, 3.63) is 60.2 Å². The summed E-state index contributed by atoms with van der Waals surface area (Å²) in [6.45, 7) is 0.419. The van der Waals surface area contributed by atoms with Gasteiger partial charge in [0.25, 0.3) is 10.0 Å².